The average Bonchev–Trinajstić information content (AvgIpc) is 2.59. The van der Waals surface area contributed by atoms with E-state index in [1.165, 1.54) is 42.5 Å². The van der Waals surface area contributed by atoms with Crippen LogP contribution in [0.25, 0.3) is 0 Å². The van der Waals surface area contributed by atoms with Gasteiger partial charge in [-0.15, -0.1) is 0 Å². The van der Waals surface area contributed by atoms with Crippen LogP contribution in [0.4, 0.5) is 0 Å². The summed E-state index contributed by atoms with van der Waals surface area (Å²) in [6.07, 6.45) is 4.15. The summed E-state index contributed by atoms with van der Waals surface area (Å²) in [6.45, 7) is 3.54. The fraction of sp³-hybridized carbons (Fsp3) is 0.875. The van der Waals surface area contributed by atoms with Crippen LogP contribution in [-0.2, 0) is 0 Å². The van der Waals surface area contributed by atoms with Gasteiger partial charge >= 0.3 is 0 Å². The highest BCUT2D eigenvalue weighted by Gasteiger charge is 2.15. The SMILES string of the molecule is C1CCN(SC2=NCCS2)CC1. The Kier molecular flexibility index (Phi) is 3.37. The normalized spacial score (nSPS) is 25.8. The molecule has 0 unspecified atom stereocenters. The maximum atomic E-state index is 4.43. The largest absolute Gasteiger partial charge is 0.270 e. The van der Waals surface area contributed by atoms with Crippen LogP contribution in [0.3, 0.4) is 0 Å². The minimum Gasteiger partial charge on any atom is -0.270 e. The van der Waals surface area contributed by atoms with Crippen LogP contribution in [0.15, 0.2) is 4.99 Å². The third kappa shape index (κ3) is 2.41. The van der Waals surface area contributed by atoms with Gasteiger partial charge < -0.3 is 0 Å². The van der Waals surface area contributed by atoms with E-state index in [2.05, 4.69) is 9.30 Å². The molecule has 2 aliphatic heterocycles. The Hall–Kier alpha value is 0.330. The first kappa shape index (κ1) is 8.91. The molecule has 2 rings (SSSR count). The highest BCUT2D eigenvalue weighted by Crippen LogP contribution is 2.27. The Morgan fingerprint density at radius 2 is 2.08 bits per heavy atom. The van der Waals surface area contributed by atoms with Crippen molar-refractivity contribution in [3.63, 3.8) is 0 Å². The molecule has 2 heterocycles. The molecule has 0 saturated carbocycles. The molecule has 0 aromatic carbocycles. The predicted octanol–water partition coefficient (Wildman–Crippen LogP) is 2.22. The van der Waals surface area contributed by atoms with Crippen molar-refractivity contribution in [2.24, 2.45) is 4.99 Å². The minimum absolute atomic E-state index is 1.03. The lowest BCUT2D eigenvalue weighted by atomic mass is 10.2. The lowest BCUT2D eigenvalue weighted by Gasteiger charge is -2.24. The molecule has 0 spiro atoms. The molecule has 12 heavy (non-hydrogen) atoms. The molecule has 0 bridgehead atoms. The van der Waals surface area contributed by atoms with Crippen LogP contribution >= 0.6 is 23.7 Å². The maximum Gasteiger partial charge on any atom is 0.140 e. The summed E-state index contributed by atoms with van der Waals surface area (Å²) < 4.78 is 3.75. The topological polar surface area (TPSA) is 15.6 Å². The minimum atomic E-state index is 1.03. The lowest BCUT2D eigenvalue weighted by Crippen LogP contribution is -2.23. The molecule has 1 fully saturated rings. The highest BCUT2D eigenvalue weighted by atomic mass is 32.2. The Labute approximate surface area is 82.3 Å². The Morgan fingerprint density at radius 1 is 1.25 bits per heavy atom. The first-order valence-corrected chi connectivity index (χ1v) is 6.31. The van der Waals surface area contributed by atoms with Crippen LogP contribution in [-0.4, -0.2) is 34.1 Å². The van der Waals surface area contributed by atoms with Gasteiger partial charge in [0, 0.05) is 18.8 Å². The third-order valence-electron chi connectivity index (χ3n) is 2.08. The van der Waals surface area contributed by atoms with E-state index in [1.54, 1.807) is 0 Å². The van der Waals surface area contributed by atoms with E-state index in [0.29, 0.717) is 0 Å². The van der Waals surface area contributed by atoms with Crippen molar-refractivity contribution in [1.29, 1.82) is 0 Å². The molecule has 2 aliphatic rings. The number of nitrogens with zero attached hydrogens (tertiary/aromatic N) is 2. The zero-order valence-electron chi connectivity index (χ0n) is 7.16. The van der Waals surface area contributed by atoms with E-state index in [9.17, 15) is 0 Å². The summed E-state index contributed by atoms with van der Waals surface area (Å²) in [5.41, 5.74) is 0. The zero-order valence-corrected chi connectivity index (χ0v) is 8.79. The van der Waals surface area contributed by atoms with E-state index in [1.807, 2.05) is 23.7 Å². The number of aliphatic imine (C=N–C) groups is 1. The Morgan fingerprint density at radius 3 is 2.75 bits per heavy atom. The molecule has 68 valence electrons. The molecular weight excluding hydrogens is 188 g/mol. The second-order valence-corrected chi connectivity index (χ2v) is 5.50. The van der Waals surface area contributed by atoms with Crippen molar-refractivity contribution in [1.82, 2.24) is 4.31 Å². The maximum absolute atomic E-state index is 4.43. The number of hydrogen-bond donors (Lipinski definition) is 0. The third-order valence-corrected chi connectivity index (χ3v) is 4.33. The average molecular weight is 202 g/mol. The summed E-state index contributed by atoms with van der Waals surface area (Å²) in [4.78, 5) is 4.43. The van der Waals surface area contributed by atoms with E-state index < -0.39 is 0 Å². The smallest absolute Gasteiger partial charge is 0.140 e. The summed E-state index contributed by atoms with van der Waals surface area (Å²) in [5, 5.41) is 0. The number of thioether (sulfide) groups is 1. The van der Waals surface area contributed by atoms with Crippen LogP contribution in [0.1, 0.15) is 19.3 Å². The van der Waals surface area contributed by atoms with Gasteiger partial charge in [0.25, 0.3) is 0 Å². The molecule has 4 heteroatoms. The molecule has 0 aromatic heterocycles. The number of rotatable bonds is 1. The van der Waals surface area contributed by atoms with Crippen molar-refractivity contribution in [3.8, 4) is 0 Å². The van der Waals surface area contributed by atoms with E-state index in [0.717, 1.165) is 6.54 Å². The summed E-state index contributed by atoms with van der Waals surface area (Å²) >= 11 is 3.78. The first-order valence-electron chi connectivity index (χ1n) is 4.55. The molecule has 0 atom stereocenters. The second-order valence-electron chi connectivity index (χ2n) is 3.08. The predicted molar refractivity (Wildman–Crippen MR) is 57.8 cm³/mol. The van der Waals surface area contributed by atoms with Gasteiger partial charge in [0.2, 0.25) is 0 Å². The molecule has 0 radical (unpaired) electrons. The number of piperidine rings is 1. The molecule has 1 saturated heterocycles. The lowest BCUT2D eigenvalue weighted by molar-refractivity contribution is 0.383. The van der Waals surface area contributed by atoms with E-state index in [4.69, 9.17) is 0 Å². The van der Waals surface area contributed by atoms with Gasteiger partial charge in [-0.25, -0.2) is 4.31 Å². The van der Waals surface area contributed by atoms with Crippen LogP contribution in [0.2, 0.25) is 0 Å². The number of hydrogen-bond acceptors (Lipinski definition) is 4. The molecule has 2 nitrogen and oxygen atoms in total. The second kappa shape index (κ2) is 4.53. The quantitative estimate of drug-likeness (QED) is 0.606. The van der Waals surface area contributed by atoms with Crippen molar-refractivity contribution in [3.05, 3.63) is 0 Å². The molecular formula is C8H14N2S2. The fourth-order valence-electron chi connectivity index (χ4n) is 1.44. The molecule has 0 aromatic rings. The van der Waals surface area contributed by atoms with Crippen molar-refractivity contribution < 1.29 is 0 Å². The van der Waals surface area contributed by atoms with Gasteiger partial charge in [0.05, 0.1) is 6.54 Å². The van der Waals surface area contributed by atoms with Crippen molar-refractivity contribution >= 4 is 28.1 Å². The summed E-state index contributed by atoms with van der Waals surface area (Å²) in [5.74, 6) is 1.19. The molecule has 0 aliphatic carbocycles. The van der Waals surface area contributed by atoms with Gasteiger partial charge in [0.1, 0.15) is 4.38 Å². The van der Waals surface area contributed by atoms with Gasteiger partial charge in [-0.05, 0) is 24.8 Å². The standard InChI is InChI=1S/C8H14N2S2/c1-2-5-10(6-3-1)12-8-9-4-7-11-8/h1-7H2. The molecule has 0 N–H and O–H groups in total. The van der Waals surface area contributed by atoms with E-state index >= 15 is 0 Å². The zero-order chi connectivity index (χ0) is 8.23. The molecule has 0 amide bonds. The Bertz CT molecular complexity index is 176. The van der Waals surface area contributed by atoms with Crippen LogP contribution in [0.5, 0.6) is 0 Å². The first-order chi connectivity index (χ1) is 5.95. The van der Waals surface area contributed by atoms with Gasteiger partial charge in [0.15, 0.2) is 0 Å². The summed E-state index contributed by atoms with van der Waals surface area (Å²) in [7, 11) is 0. The fourth-order valence-corrected chi connectivity index (χ4v) is 3.56. The van der Waals surface area contributed by atoms with Gasteiger partial charge in [-0.1, -0.05) is 18.2 Å². The van der Waals surface area contributed by atoms with Crippen molar-refractivity contribution in [2.75, 3.05) is 25.4 Å². The van der Waals surface area contributed by atoms with Crippen LogP contribution < -0.4 is 0 Å². The van der Waals surface area contributed by atoms with Crippen molar-refractivity contribution in [2.45, 2.75) is 19.3 Å². The van der Waals surface area contributed by atoms with Gasteiger partial charge in [-0.2, -0.15) is 0 Å². The Balaban J connectivity index is 1.77. The van der Waals surface area contributed by atoms with E-state index in [-0.39, 0.29) is 0 Å². The highest BCUT2D eigenvalue weighted by molar-refractivity contribution is 8.38. The van der Waals surface area contributed by atoms with Gasteiger partial charge in [-0.3, -0.25) is 4.99 Å². The van der Waals surface area contributed by atoms with Crippen LogP contribution in [0, 0.1) is 0 Å². The summed E-state index contributed by atoms with van der Waals surface area (Å²) in [6, 6.07) is 0. The monoisotopic (exact) mass is 202 g/mol.